The van der Waals surface area contributed by atoms with Crippen LogP contribution in [-0.4, -0.2) is 36.8 Å². The summed E-state index contributed by atoms with van der Waals surface area (Å²) in [7, 11) is 1.94. The van der Waals surface area contributed by atoms with Gasteiger partial charge in [-0.05, 0) is 19.2 Å². The molecular weight excluding hydrogens is 174 g/mol. The van der Waals surface area contributed by atoms with E-state index in [4.69, 9.17) is 5.11 Å². The van der Waals surface area contributed by atoms with Crippen molar-refractivity contribution in [2.24, 2.45) is 0 Å². The van der Waals surface area contributed by atoms with Crippen LogP contribution in [0.5, 0.6) is 0 Å². The first kappa shape index (κ1) is 10.8. The van der Waals surface area contributed by atoms with Gasteiger partial charge in [0.2, 0.25) is 0 Å². The Hall–Kier alpha value is -1.30. The summed E-state index contributed by atoms with van der Waals surface area (Å²) in [5, 5.41) is 8.66. The summed E-state index contributed by atoms with van der Waals surface area (Å²) < 4.78 is 0. The van der Waals surface area contributed by atoms with E-state index in [1.807, 2.05) is 42.3 Å². The van der Waals surface area contributed by atoms with E-state index in [-0.39, 0.29) is 6.61 Å². The number of nitrogens with zero attached hydrogens (tertiary/aromatic N) is 1. The predicted octanol–water partition coefficient (Wildman–Crippen LogP) is 0.962. The van der Waals surface area contributed by atoms with Crippen molar-refractivity contribution in [2.45, 2.75) is 0 Å². The lowest BCUT2D eigenvalue weighted by Crippen LogP contribution is -2.22. The minimum absolute atomic E-state index is 0.184. The van der Waals surface area contributed by atoms with Gasteiger partial charge in [-0.2, -0.15) is 0 Å². The van der Waals surface area contributed by atoms with E-state index in [0.29, 0.717) is 13.1 Å². The van der Waals surface area contributed by atoms with Crippen molar-refractivity contribution in [3.05, 3.63) is 35.9 Å². The fourth-order valence-electron chi connectivity index (χ4n) is 1.05. The van der Waals surface area contributed by atoms with Gasteiger partial charge in [-0.15, -0.1) is 0 Å². The van der Waals surface area contributed by atoms with Crippen molar-refractivity contribution in [1.29, 1.82) is 0 Å². The number of hydrogen-bond acceptors (Lipinski definition) is 2. The smallest absolute Gasteiger partial charge is 0.0603 e. The molecule has 0 aliphatic heterocycles. The van der Waals surface area contributed by atoms with Gasteiger partial charge in [-0.25, -0.2) is 0 Å². The molecule has 0 amide bonds. The van der Waals surface area contributed by atoms with Gasteiger partial charge in [0.05, 0.1) is 13.2 Å². The molecule has 0 saturated carbocycles. The van der Waals surface area contributed by atoms with Gasteiger partial charge in [0.25, 0.3) is 0 Å². The lowest BCUT2D eigenvalue weighted by atomic mass is 10.2. The molecule has 0 aliphatic rings. The van der Waals surface area contributed by atoms with Gasteiger partial charge in [0, 0.05) is 12.1 Å². The van der Waals surface area contributed by atoms with E-state index in [1.54, 1.807) is 0 Å². The Labute approximate surface area is 85.2 Å². The van der Waals surface area contributed by atoms with E-state index >= 15 is 0 Å². The monoisotopic (exact) mass is 189 g/mol. The van der Waals surface area contributed by atoms with E-state index < -0.39 is 0 Å². The Morgan fingerprint density at radius 2 is 2.00 bits per heavy atom. The second-order valence-electron chi connectivity index (χ2n) is 3.13. The summed E-state index contributed by atoms with van der Waals surface area (Å²) in [6.45, 7) is 1.54. The van der Waals surface area contributed by atoms with Crippen LogP contribution in [-0.2, 0) is 0 Å². The maximum absolute atomic E-state index is 8.66. The van der Waals surface area contributed by atoms with Crippen LogP contribution in [0.25, 0.3) is 0 Å². The Bertz CT molecular complexity index is 310. The molecule has 0 heterocycles. The van der Waals surface area contributed by atoms with Gasteiger partial charge in [0.1, 0.15) is 0 Å². The predicted molar refractivity (Wildman–Crippen MR) is 57.9 cm³/mol. The fourth-order valence-corrected chi connectivity index (χ4v) is 1.05. The average molecular weight is 189 g/mol. The molecule has 2 heteroatoms. The van der Waals surface area contributed by atoms with E-state index in [2.05, 4.69) is 11.8 Å². The molecule has 0 unspecified atom stereocenters. The molecule has 1 aromatic carbocycles. The third-order valence-electron chi connectivity index (χ3n) is 1.84. The molecule has 0 aromatic heterocycles. The zero-order chi connectivity index (χ0) is 10.2. The molecule has 1 rings (SSSR count). The number of rotatable bonds is 3. The highest BCUT2D eigenvalue weighted by molar-refractivity contribution is 5.33. The van der Waals surface area contributed by atoms with Crippen LogP contribution < -0.4 is 0 Å². The largest absolute Gasteiger partial charge is 0.395 e. The molecule has 2 nitrogen and oxygen atoms in total. The highest BCUT2D eigenvalue weighted by atomic mass is 16.3. The minimum Gasteiger partial charge on any atom is -0.395 e. The van der Waals surface area contributed by atoms with Crippen LogP contribution in [0.3, 0.4) is 0 Å². The van der Waals surface area contributed by atoms with Gasteiger partial charge in [0.15, 0.2) is 0 Å². The highest BCUT2D eigenvalue weighted by Gasteiger charge is 1.91. The molecule has 0 spiro atoms. The quantitative estimate of drug-likeness (QED) is 0.716. The highest BCUT2D eigenvalue weighted by Crippen LogP contribution is 1.94. The number of aliphatic hydroxyl groups excluding tert-OH is 1. The Morgan fingerprint density at radius 1 is 1.29 bits per heavy atom. The van der Waals surface area contributed by atoms with Crippen LogP contribution in [0.1, 0.15) is 5.56 Å². The van der Waals surface area contributed by atoms with Crippen molar-refractivity contribution in [3.63, 3.8) is 0 Å². The van der Waals surface area contributed by atoms with Gasteiger partial charge < -0.3 is 5.11 Å². The summed E-state index contributed by atoms with van der Waals surface area (Å²) in [5.41, 5.74) is 1.03. The van der Waals surface area contributed by atoms with Crippen LogP contribution >= 0.6 is 0 Å². The van der Waals surface area contributed by atoms with Crippen LogP contribution in [0.15, 0.2) is 30.3 Å². The lowest BCUT2D eigenvalue weighted by Gasteiger charge is -2.09. The third kappa shape index (κ3) is 4.08. The molecule has 0 radical (unpaired) electrons. The zero-order valence-electron chi connectivity index (χ0n) is 8.40. The fraction of sp³-hybridized carbons (Fsp3) is 0.333. The molecule has 1 aromatic rings. The summed E-state index contributed by atoms with van der Waals surface area (Å²) in [4.78, 5) is 1.98. The van der Waals surface area contributed by atoms with Crippen LogP contribution in [0.4, 0.5) is 0 Å². The number of likely N-dealkylation sites (N-methyl/N-ethyl adjacent to an activating group) is 1. The van der Waals surface area contributed by atoms with Crippen molar-refractivity contribution in [1.82, 2.24) is 4.90 Å². The maximum Gasteiger partial charge on any atom is 0.0603 e. The maximum atomic E-state index is 8.66. The zero-order valence-corrected chi connectivity index (χ0v) is 8.40. The van der Waals surface area contributed by atoms with E-state index in [1.165, 1.54) is 0 Å². The molecule has 74 valence electrons. The van der Waals surface area contributed by atoms with Gasteiger partial charge in [-0.1, -0.05) is 30.0 Å². The lowest BCUT2D eigenvalue weighted by molar-refractivity contribution is 0.234. The second kappa shape index (κ2) is 6.20. The first-order valence-corrected chi connectivity index (χ1v) is 4.66. The second-order valence-corrected chi connectivity index (χ2v) is 3.13. The molecule has 0 atom stereocenters. The standard InChI is InChI=1S/C12H15NO/c1-13(10-11-14)9-5-8-12-6-3-2-4-7-12/h2-4,6-7,14H,9-11H2,1H3. The first-order valence-electron chi connectivity index (χ1n) is 4.66. The summed E-state index contributed by atoms with van der Waals surface area (Å²) in [5.74, 6) is 6.11. The Morgan fingerprint density at radius 3 is 2.64 bits per heavy atom. The average Bonchev–Trinajstić information content (AvgIpc) is 2.20. The van der Waals surface area contributed by atoms with E-state index in [9.17, 15) is 0 Å². The number of benzene rings is 1. The van der Waals surface area contributed by atoms with Gasteiger partial charge >= 0.3 is 0 Å². The van der Waals surface area contributed by atoms with Crippen LogP contribution in [0.2, 0.25) is 0 Å². The summed E-state index contributed by atoms with van der Waals surface area (Å²) >= 11 is 0. The molecule has 0 aliphatic carbocycles. The van der Waals surface area contributed by atoms with E-state index in [0.717, 1.165) is 5.56 Å². The Balaban J connectivity index is 2.41. The minimum atomic E-state index is 0.184. The molecule has 14 heavy (non-hydrogen) atoms. The summed E-state index contributed by atoms with van der Waals surface area (Å²) in [6, 6.07) is 9.89. The molecule has 0 fully saturated rings. The SMILES string of the molecule is CN(CC#Cc1ccccc1)CCO. The molecular formula is C12H15NO. The van der Waals surface area contributed by atoms with Crippen molar-refractivity contribution >= 4 is 0 Å². The normalized spacial score (nSPS) is 9.64. The van der Waals surface area contributed by atoms with Gasteiger partial charge in [-0.3, -0.25) is 4.90 Å². The number of aliphatic hydroxyl groups is 1. The molecule has 1 N–H and O–H groups in total. The van der Waals surface area contributed by atoms with Crippen LogP contribution in [0, 0.1) is 11.8 Å². The molecule has 0 bridgehead atoms. The van der Waals surface area contributed by atoms with Crippen molar-refractivity contribution < 1.29 is 5.11 Å². The summed E-state index contributed by atoms with van der Waals surface area (Å²) in [6.07, 6.45) is 0. The Kier molecular flexibility index (Phi) is 4.77. The number of hydrogen-bond donors (Lipinski definition) is 1. The van der Waals surface area contributed by atoms with Crippen molar-refractivity contribution in [3.8, 4) is 11.8 Å². The molecule has 0 saturated heterocycles. The third-order valence-corrected chi connectivity index (χ3v) is 1.84. The topological polar surface area (TPSA) is 23.5 Å². The van der Waals surface area contributed by atoms with Crippen molar-refractivity contribution in [2.75, 3.05) is 26.7 Å². The first-order chi connectivity index (χ1) is 6.83.